The van der Waals surface area contributed by atoms with Gasteiger partial charge < -0.3 is 20.4 Å². The van der Waals surface area contributed by atoms with E-state index in [-0.39, 0.29) is 34.9 Å². The van der Waals surface area contributed by atoms with E-state index in [1.54, 1.807) is 30.0 Å². The van der Waals surface area contributed by atoms with Crippen molar-refractivity contribution in [2.45, 2.75) is 70.2 Å². The van der Waals surface area contributed by atoms with Gasteiger partial charge in [0.15, 0.2) is 5.65 Å². The minimum absolute atomic E-state index is 0.107. The summed E-state index contributed by atoms with van der Waals surface area (Å²) < 4.78 is 1.41. The fraction of sp³-hybridized carbons (Fsp3) is 0.344. The van der Waals surface area contributed by atoms with Crippen LogP contribution in [0.3, 0.4) is 0 Å². The van der Waals surface area contributed by atoms with Crippen LogP contribution >= 0.6 is 0 Å². The summed E-state index contributed by atoms with van der Waals surface area (Å²) in [5, 5.41) is 27.7. The first-order valence-electron chi connectivity index (χ1n) is 14.4. The number of hydrogen-bond donors (Lipinski definition) is 3. The molecule has 2 aromatic carbocycles. The van der Waals surface area contributed by atoms with Gasteiger partial charge in [-0.25, -0.2) is 14.3 Å². The maximum absolute atomic E-state index is 14.1. The number of carbonyl (C=O) groups is 3. The quantitative estimate of drug-likeness (QED) is 0.306. The number of aromatic carboxylic acids is 1. The first-order valence-corrected chi connectivity index (χ1v) is 14.4. The molecular weight excluding hydrogens is 534 g/mol. The van der Waals surface area contributed by atoms with Gasteiger partial charge in [-0.2, -0.15) is 5.10 Å². The Morgan fingerprint density at radius 3 is 2.60 bits per heavy atom. The van der Waals surface area contributed by atoms with Gasteiger partial charge in [-0.3, -0.25) is 9.59 Å². The molecule has 2 amide bonds. The summed E-state index contributed by atoms with van der Waals surface area (Å²) in [6, 6.07) is 15.4. The number of nitrogens with zero attached hydrogens (tertiary/aromatic N) is 4. The smallest absolute Gasteiger partial charge is 0.335 e. The number of carboxylic acid groups (broad SMARTS) is 1. The topological polar surface area (TPSA) is 137 Å². The number of benzene rings is 2. The Labute approximate surface area is 243 Å². The standard InChI is InChI=1S/C32H33N5O5/c1-19-21-13-14-24(23(21)12-11-22(19)32(41)42)35-30(39)27-17-25(34-29-15-16-33-37(27)29)31(40)36(18-20-7-3-2-4-8-20)26-9-5-6-10-28(26)38/h2-4,7-8,11-12,15-17,24,26,28,38H,5-6,9-10,13-14,18H2,1H3,(H,35,39)(H,41,42)/t24-,26+,28+/m0/s1. The van der Waals surface area contributed by atoms with Crippen LogP contribution in [0.1, 0.15) is 91.7 Å². The lowest BCUT2D eigenvalue weighted by molar-refractivity contribution is 0.0146. The molecule has 2 aliphatic rings. The van der Waals surface area contributed by atoms with Crippen molar-refractivity contribution in [2.24, 2.45) is 0 Å². The second-order valence-corrected chi connectivity index (χ2v) is 11.1. The Morgan fingerprint density at radius 1 is 1.05 bits per heavy atom. The highest BCUT2D eigenvalue weighted by Crippen LogP contribution is 2.35. The molecule has 2 heterocycles. The summed E-state index contributed by atoms with van der Waals surface area (Å²) in [6.07, 6.45) is 5.32. The number of rotatable bonds is 7. The van der Waals surface area contributed by atoms with Crippen molar-refractivity contribution in [2.75, 3.05) is 0 Å². The number of carbonyl (C=O) groups excluding carboxylic acids is 2. The molecule has 6 rings (SSSR count). The molecule has 0 unspecified atom stereocenters. The van der Waals surface area contributed by atoms with E-state index in [0.29, 0.717) is 43.4 Å². The first-order chi connectivity index (χ1) is 20.3. The molecular formula is C32H33N5O5. The summed E-state index contributed by atoms with van der Waals surface area (Å²) in [5.74, 6) is -1.74. The Bertz CT molecular complexity index is 1670. The predicted molar refractivity (Wildman–Crippen MR) is 154 cm³/mol. The van der Waals surface area contributed by atoms with Crippen LogP contribution in [-0.2, 0) is 13.0 Å². The summed E-state index contributed by atoms with van der Waals surface area (Å²) in [7, 11) is 0. The van der Waals surface area contributed by atoms with Crippen molar-refractivity contribution in [3.8, 4) is 0 Å². The van der Waals surface area contributed by atoms with Gasteiger partial charge in [0, 0.05) is 18.7 Å². The molecule has 1 saturated carbocycles. The first kappa shape index (κ1) is 27.6. The number of aromatic nitrogens is 3. The highest BCUT2D eigenvalue weighted by Gasteiger charge is 2.34. The Morgan fingerprint density at radius 2 is 1.83 bits per heavy atom. The molecule has 0 bridgehead atoms. The van der Waals surface area contributed by atoms with Gasteiger partial charge in [-0.15, -0.1) is 0 Å². The average Bonchev–Trinajstić information content (AvgIpc) is 3.63. The third-order valence-electron chi connectivity index (χ3n) is 8.59. The van der Waals surface area contributed by atoms with Crippen LogP contribution in [0.25, 0.3) is 5.65 Å². The number of carboxylic acids is 1. The van der Waals surface area contributed by atoms with Gasteiger partial charge in [0.05, 0.1) is 29.9 Å². The molecule has 1 fully saturated rings. The highest BCUT2D eigenvalue weighted by atomic mass is 16.4. The zero-order valence-electron chi connectivity index (χ0n) is 23.4. The molecule has 3 atom stereocenters. The van der Waals surface area contributed by atoms with Crippen LogP contribution in [0.2, 0.25) is 0 Å². The molecule has 4 aromatic rings. The lowest BCUT2D eigenvalue weighted by Crippen LogP contribution is -2.48. The maximum atomic E-state index is 14.1. The monoisotopic (exact) mass is 567 g/mol. The highest BCUT2D eigenvalue weighted by molar-refractivity contribution is 5.98. The maximum Gasteiger partial charge on any atom is 0.335 e. The van der Waals surface area contributed by atoms with E-state index in [1.807, 2.05) is 30.3 Å². The van der Waals surface area contributed by atoms with E-state index in [2.05, 4.69) is 15.4 Å². The fourth-order valence-electron chi connectivity index (χ4n) is 6.40. The summed E-state index contributed by atoms with van der Waals surface area (Å²) in [4.78, 5) is 45.7. The van der Waals surface area contributed by atoms with Crippen LogP contribution in [-0.4, -0.2) is 59.6 Å². The zero-order valence-corrected chi connectivity index (χ0v) is 23.4. The molecule has 0 saturated heterocycles. The molecule has 42 heavy (non-hydrogen) atoms. The average molecular weight is 568 g/mol. The van der Waals surface area contributed by atoms with E-state index >= 15 is 0 Å². The molecule has 0 aliphatic heterocycles. The lowest BCUT2D eigenvalue weighted by Gasteiger charge is -2.37. The summed E-state index contributed by atoms with van der Waals surface area (Å²) in [5.41, 5.74) is 4.40. The van der Waals surface area contributed by atoms with Crippen molar-refractivity contribution < 1.29 is 24.6 Å². The van der Waals surface area contributed by atoms with Crippen molar-refractivity contribution in [3.05, 3.63) is 100.0 Å². The number of nitrogens with one attached hydrogen (secondary N) is 1. The minimum Gasteiger partial charge on any atom is -0.478 e. The largest absolute Gasteiger partial charge is 0.478 e. The van der Waals surface area contributed by atoms with Gasteiger partial charge in [-0.05, 0) is 60.9 Å². The second-order valence-electron chi connectivity index (χ2n) is 11.1. The summed E-state index contributed by atoms with van der Waals surface area (Å²) in [6.45, 7) is 2.11. The van der Waals surface area contributed by atoms with Crippen LogP contribution in [0.5, 0.6) is 0 Å². The molecule has 0 spiro atoms. The third kappa shape index (κ3) is 5.14. The van der Waals surface area contributed by atoms with Gasteiger partial charge in [-0.1, -0.05) is 49.2 Å². The third-order valence-corrected chi connectivity index (χ3v) is 8.59. The van der Waals surface area contributed by atoms with Gasteiger partial charge >= 0.3 is 5.97 Å². The normalized spacial score (nSPS) is 19.8. The van der Waals surface area contributed by atoms with Gasteiger partial charge in [0.1, 0.15) is 11.4 Å². The second kappa shape index (κ2) is 11.4. The summed E-state index contributed by atoms with van der Waals surface area (Å²) >= 11 is 0. The van der Waals surface area contributed by atoms with E-state index in [0.717, 1.165) is 29.5 Å². The van der Waals surface area contributed by atoms with Gasteiger partial charge in [0.25, 0.3) is 11.8 Å². The molecule has 10 nitrogen and oxygen atoms in total. The van der Waals surface area contributed by atoms with Crippen LogP contribution in [0.15, 0.2) is 60.8 Å². The molecule has 2 aliphatic carbocycles. The number of aliphatic hydroxyl groups is 1. The molecule has 216 valence electrons. The molecule has 0 radical (unpaired) electrons. The molecule has 3 N–H and O–H groups in total. The van der Waals surface area contributed by atoms with Crippen molar-refractivity contribution in [1.82, 2.24) is 24.8 Å². The predicted octanol–water partition coefficient (Wildman–Crippen LogP) is 4.10. The number of fused-ring (bicyclic) bond motifs is 2. The zero-order chi connectivity index (χ0) is 29.4. The number of amides is 2. The van der Waals surface area contributed by atoms with Crippen molar-refractivity contribution in [1.29, 1.82) is 0 Å². The Balaban J connectivity index is 1.32. The number of hydrogen-bond acceptors (Lipinski definition) is 6. The van der Waals surface area contributed by atoms with Gasteiger partial charge in [0.2, 0.25) is 0 Å². The molecule has 2 aromatic heterocycles. The Kier molecular flexibility index (Phi) is 7.47. The number of aliphatic hydroxyl groups excluding tert-OH is 1. The van der Waals surface area contributed by atoms with Crippen molar-refractivity contribution in [3.63, 3.8) is 0 Å². The molecule has 10 heteroatoms. The van der Waals surface area contributed by atoms with E-state index in [4.69, 9.17) is 0 Å². The SMILES string of the molecule is Cc1c(C(=O)O)ccc2c1CC[C@@H]2NC(=O)c1cc(C(=O)N(Cc2ccccc2)[C@@H]2CCCC[C@H]2O)nc2ccnn12. The van der Waals surface area contributed by atoms with Crippen LogP contribution in [0, 0.1) is 6.92 Å². The fourth-order valence-corrected chi connectivity index (χ4v) is 6.40. The van der Waals surface area contributed by atoms with Crippen LogP contribution < -0.4 is 5.32 Å². The van der Waals surface area contributed by atoms with E-state index < -0.39 is 18.0 Å². The van der Waals surface area contributed by atoms with Crippen molar-refractivity contribution >= 4 is 23.4 Å². The lowest BCUT2D eigenvalue weighted by atomic mass is 9.90. The Hall–Kier alpha value is -4.57. The minimum atomic E-state index is -0.972. The van der Waals surface area contributed by atoms with E-state index in [1.165, 1.54) is 16.8 Å². The van der Waals surface area contributed by atoms with Crippen LogP contribution in [0.4, 0.5) is 0 Å². The van der Waals surface area contributed by atoms with E-state index in [9.17, 15) is 24.6 Å².